The summed E-state index contributed by atoms with van der Waals surface area (Å²) in [4.78, 5) is 3.88. The summed E-state index contributed by atoms with van der Waals surface area (Å²) in [5, 5.41) is 16.4. The van der Waals surface area contributed by atoms with Gasteiger partial charge in [0.1, 0.15) is 0 Å². The van der Waals surface area contributed by atoms with Crippen LogP contribution < -0.4 is 5.32 Å². The van der Waals surface area contributed by atoms with Crippen molar-refractivity contribution < 1.29 is 14.4 Å². The lowest BCUT2D eigenvalue weighted by molar-refractivity contribution is 0.0352. The number of hydrogen-bond donors (Lipinski definition) is 2. The zero-order chi connectivity index (χ0) is 14.5. The molecule has 0 saturated carbocycles. The predicted molar refractivity (Wildman–Crippen MR) is 76.2 cm³/mol. The van der Waals surface area contributed by atoms with E-state index in [1.807, 2.05) is 0 Å². The molecule has 1 unspecified atom stereocenters. The van der Waals surface area contributed by atoms with E-state index in [2.05, 4.69) is 26.9 Å². The zero-order valence-electron chi connectivity index (χ0n) is 12.4. The van der Waals surface area contributed by atoms with Crippen LogP contribution in [0.5, 0.6) is 0 Å². The van der Waals surface area contributed by atoms with Gasteiger partial charge in [-0.25, -0.2) is 0 Å². The first-order valence-corrected chi connectivity index (χ1v) is 7.54. The smallest absolute Gasteiger partial charge is 0.213 e. The topological polar surface area (TPSA) is 80.4 Å². The molecule has 0 aromatic carbocycles. The van der Waals surface area contributed by atoms with Gasteiger partial charge in [-0.05, 0) is 6.42 Å². The summed E-state index contributed by atoms with van der Waals surface area (Å²) in [5.41, 5.74) is 0. The second-order valence-corrected chi connectivity index (χ2v) is 4.97. The molecule has 0 saturated heterocycles. The molecule has 1 rings (SSSR count). The maximum atomic E-state index is 9.70. The third-order valence-electron chi connectivity index (χ3n) is 3.02. The highest BCUT2D eigenvalue weighted by Crippen LogP contribution is 2.04. The van der Waals surface area contributed by atoms with Gasteiger partial charge < -0.3 is 19.7 Å². The minimum atomic E-state index is -0.498. The fourth-order valence-electron chi connectivity index (χ4n) is 1.88. The first-order chi connectivity index (χ1) is 9.83. The Morgan fingerprint density at radius 2 is 2.10 bits per heavy atom. The Hall–Kier alpha value is -0.980. The summed E-state index contributed by atoms with van der Waals surface area (Å²) in [5.74, 6) is 0.588. The van der Waals surface area contributed by atoms with E-state index in [9.17, 15) is 5.11 Å². The summed E-state index contributed by atoms with van der Waals surface area (Å²) in [7, 11) is 0. The van der Waals surface area contributed by atoms with Gasteiger partial charge in [0.2, 0.25) is 6.39 Å². The van der Waals surface area contributed by atoms with Crippen molar-refractivity contribution in [1.82, 2.24) is 15.5 Å². The van der Waals surface area contributed by atoms with Crippen molar-refractivity contribution in [2.24, 2.45) is 0 Å². The standard InChI is InChI=1S/C14H27N3O3/c1-2-3-4-5-6-7-8-19-11-13(18)9-15-10-14-16-12-20-17-14/h12-13,15,18H,2-11H2,1H3. The first-order valence-electron chi connectivity index (χ1n) is 7.54. The highest BCUT2D eigenvalue weighted by Gasteiger charge is 2.05. The minimum Gasteiger partial charge on any atom is -0.389 e. The molecule has 6 nitrogen and oxygen atoms in total. The van der Waals surface area contributed by atoms with Gasteiger partial charge in [-0.15, -0.1) is 0 Å². The van der Waals surface area contributed by atoms with Crippen molar-refractivity contribution in [2.45, 2.75) is 58.1 Å². The molecule has 0 fully saturated rings. The van der Waals surface area contributed by atoms with Gasteiger partial charge in [-0.3, -0.25) is 0 Å². The molecule has 0 aliphatic heterocycles. The largest absolute Gasteiger partial charge is 0.389 e. The van der Waals surface area contributed by atoms with Crippen LogP contribution in [-0.2, 0) is 11.3 Å². The Bertz CT molecular complexity index is 307. The molecule has 0 spiro atoms. The average molecular weight is 285 g/mol. The SMILES string of the molecule is CCCCCCCCOCC(O)CNCc1ncon1. The Morgan fingerprint density at radius 3 is 2.85 bits per heavy atom. The summed E-state index contributed by atoms with van der Waals surface area (Å²) in [6, 6.07) is 0. The molecule has 0 bridgehead atoms. The Kier molecular flexibility index (Phi) is 10.1. The van der Waals surface area contributed by atoms with Crippen molar-refractivity contribution >= 4 is 0 Å². The molecule has 1 atom stereocenters. The van der Waals surface area contributed by atoms with Crippen LogP contribution in [0.3, 0.4) is 0 Å². The van der Waals surface area contributed by atoms with Crippen molar-refractivity contribution in [1.29, 1.82) is 0 Å². The van der Waals surface area contributed by atoms with E-state index < -0.39 is 6.10 Å². The van der Waals surface area contributed by atoms with Gasteiger partial charge in [0, 0.05) is 13.2 Å². The van der Waals surface area contributed by atoms with Gasteiger partial charge in [-0.1, -0.05) is 44.2 Å². The molecule has 6 heteroatoms. The van der Waals surface area contributed by atoms with Crippen LogP contribution in [-0.4, -0.2) is 41.1 Å². The van der Waals surface area contributed by atoms with E-state index >= 15 is 0 Å². The van der Waals surface area contributed by atoms with Crippen molar-refractivity contribution in [3.8, 4) is 0 Å². The fraction of sp³-hybridized carbons (Fsp3) is 0.857. The number of aliphatic hydroxyl groups excluding tert-OH is 1. The van der Waals surface area contributed by atoms with E-state index in [0.717, 1.165) is 13.0 Å². The van der Waals surface area contributed by atoms with Crippen LogP contribution in [0.15, 0.2) is 10.9 Å². The summed E-state index contributed by atoms with van der Waals surface area (Å²) in [6.45, 7) is 4.27. The molecule has 2 N–H and O–H groups in total. The van der Waals surface area contributed by atoms with Gasteiger partial charge >= 0.3 is 0 Å². The first kappa shape index (κ1) is 17.1. The van der Waals surface area contributed by atoms with Crippen LogP contribution in [0.4, 0.5) is 0 Å². The van der Waals surface area contributed by atoms with Crippen LogP contribution >= 0.6 is 0 Å². The van der Waals surface area contributed by atoms with Crippen molar-refractivity contribution in [3.63, 3.8) is 0 Å². The molecular formula is C14H27N3O3. The maximum Gasteiger partial charge on any atom is 0.213 e. The maximum absolute atomic E-state index is 9.70. The zero-order valence-corrected chi connectivity index (χ0v) is 12.4. The Balaban J connectivity index is 1.84. The molecule has 20 heavy (non-hydrogen) atoms. The number of aromatic nitrogens is 2. The van der Waals surface area contributed by atoms with Crippen LogP contribution in [0.2, 0.25) is 0 Å². The summed E-state index contributed by atoms with van der Waals surface area (Å²) >= 11 is 0. The third-order valence-corrected chi connectivity index (χ3v) is 3.02. The lowest BCUT2D eigenvalue weighted by Crippen LogP contribution is -2.30. The Labute approximate surface area is 120 Å². The van der Waals surface area contributed by atoms with Gasteiger partial charge in [-0.2, -0.15) is 4.98 Å². The second-order valence-electron chi connectivity index (χ2n) is 4.97. The highest BCUT2D eigenvalue weighted by atomic mass is 16.5. The van der Waals surface area contributed by atoms with Crippen molar-refractivity contribution in [2.75, 3.05) is 19.8 Å². The number of nitrogens with one attached hydrogen (secondary N) is 1. The highest BCUT2D eigenvalue weighted by molar-refractivity contribution is 4.76. The fourth-order valence-corrected chi connectivity index (χ4v) is 1.88. The molecule has 0 amide bonds. The number of unbranched alkanes of at least 4 members (excludes halogenated alkanes) is 5. The minimum absolute atomic E-state index is 0.369. The van der Waals surface area contributed by atoms with E-state index in [1.54, 1.807) is 0 Å². The molecule has 0 radical (unpaired) electrons. The number of ether oxygens (including phenoxy) is 1. The van der Waals surface area contributed by atoms with E-state index in [-0.39, 0.29) is 0 Å². The molecular weight excluding hydrogens is 258 g/mol. The lowest BCUT2D eigenvalue weighted by Gasteiger charge is -2.11. The van der Waals surface area contributed by atoms with Crippen LogP contribution in [0.1, 0.15) is 51.3 Å². The van der Waals surface area contributed by atoms with Gasteiger partial charge in [0.25, 0.3) is 0 Å². The van der Waals surface area contributed by atoms with Gasteiger partial charge in [0.15, 0.2) is 5.82 Å². The number of hydrogen-bond acceptors (Lipinski definition) is 6. The third kappa shape index (κ3) is 9.01. The van der Waals surface area contributed by atoms with E-state index in [1.165, 1.54) is 38.5 Å². The summed E-state index contributed by atoms with van der Waals surface area (Å²) < 4.78 is 10.1. The van der Waals surface area contributed by atoms with Crippen molar-refractivity contribution in [3.05, 3.63) is 12.2 Å². The molecule has 1 heterocycles. The molecule has 1 aromatic heterocycles. The second kappa shape index (κ2) is 11.8. The van der Waals surface area contributed by atoms with Crippen LogP contribution in [0.25, 0.3) is 0 Å². The quantitative estimate of drug-likeness (QED) is 0.539. The molecule has 0 aliphatic carbocycles. The molecule has 0 aliphatic rings. The molecule has 116 valence electrons. The molecule has 1 aromatic rings. The number of rotatable bonds is 13. The number of aliphatic hydroxyl groups is 1. The van der Waals surface area contributed by atoms with E-state index in [0.29, 0.717) is 25.5 Å². The van der Waals surface area contributed by atoms with Crippen LogP contribution in [0, 0.1) is 0 Å². The normalized spacial score (nSPS) is 12.7. The Morgan fingerprint density at radius 1 is 1.30 bits per heavy atom. The summed E-state index contributed by atoms with van der Waals surface area (Å²) in [6.07, 6.45) is 8.29. The lowest BCUT2D eigenvalue weighted by atomic mass is 10.1. The van der Waals surface area contributed by atoms with E-state index in [4.69, 9.17) is 4.74 Å². The van der Waals surface area contributed by atoms with Gasteiger partial charge in [0.05, 0.1) is 19.3 Å². The monoisotopic (exact) mass is 285 g/mol. The number of nitrogens with zero attached hydrogens (tertiary/aromatic N) is 2. The average Bonchev–Trinajstić information content (AvgIpc) is 2.95. The predicted octanol–water partition coefficient (Wildman–Crippen LogP) is 1.90.